The van der Waals surface area contributed by atoms with Crippen molar-refractivity contribution in [3.8, 4) is 17.0 Å². The quantitative estimate of drug-likeness (QED) is 0.659. The molecular formula is C21H23N3OS. The van der Waals surface area contributed by atoms with Gasteiger partial charge < -0.3 is 9.64 Å². The van der Waals surface area contributed by atoms with Crippen LogP contribution in [0, 0.1) is 6.92 Å². The Morgan fingerprint density at radius 1 is 1.15 bits per heavy atom. The number of rotatable bonds is 4. The fraction of sp³-hybridized carbons (Fsp3) is 0.333. The molecule has 1 saturated heterocycles. The first kappa shape index (κ1) is 17.0. The monoisotopic (exact) mass is 365 g/mol. The number of ether oxygens (including phenoxy) is 1. The SMILES string of the molecule is COc1ccccc1-c1csc(C2CCN(c3cc(C)ccn3)CC2)n1. The molecule has 134 valence electrons. The zero-order valence-corrected chi connectivity index (χ0v) is 16.0. The van der Waals surface area contributed by atoms with Crippen LogP contribution in [0.1, 0.15) is 29.3 Å². The fourth-order valence-corrected chi connectivity index (χ4v) is 4.50. The van der Waals surface area contributed by atoms with Crippen molar-refractivity contribution in [1.82, 2.24) is 9.97 Å². The maximum absolute atomic E-state index is 5.48. The van der Waals surface area contributed by atoms with Gasteiger partial charge in [-0.15, -0.1) is 11.3 Å². The Morgan fingerprint density at radius 3 is 2.73 bits per heavy atom. The Hall–Kier alpha value is -2.40. The highest BCUT2D eigenvalue weighted by Crippen LogP contribution is 2.36. The van der Waals surface area contributed by atoms with E-state index in [1.54, 1.807) is 18.4 Å². The number of para-hydroxylation sites is 1. The number of anilines is 1. The average Bonchev–Trinajstić information content (AvgIpc) is 3.18. The van der Waals surface area contributed by atoms with E-state index in [-0.39, 0.29) is 0 Å². The molecule has 0 atom stereocenters. The van der Waals surface area contributed by atoms with E-state index < -0.39 is 0 Å². The van der Waals surface area contributed by atoms with Gasteiger partial charge in [-0.2, -0.15) is 0 Å². The number of aromatic nitrogens is 2. The predicted molar refractivity (Wildman–Crippen MR) is 107 cm³/mol. The molecule has 4 nitrogen and oxygen atoms in total. The molecule has 1 aromatic carbocycles. The summed E-state index contributed by atoms with van der Waals surface area (Å²) >= 11 is 1.77. The normalized spacial score (nSPS) is 15.2. The summed E-state index contributed by atoms with van der Waals surface area (Å²) in [5.74, 6) is 2.51. The molecule has 0 spiro atoms. The number of pyridine rings is 1. The molecule has 4 rings (SSSR count). The lowest BCUT2D eigenvalue weighted by atomic mass is 9.97. The molecule has 0 aliphatic carbocycles. The van der Waals surface area contributed by atoms with Gasteiger partial charge in [-0.05, 0) is 49.6 Å². The Balaban J connectivity index is 1.46. The summed E-state index contributed by atoms with van der Waals surface area (Å²) in [6, 6.07) is 12.3. The molecular weight excluding hydrogens is 342 g/mol. The summed E-state index contributed by atoms with van der Waals surface area (Å²) in [6.45, 7) is 4.18. The van der Waals surface area contributed by atoms with Gasteiger partial charge in [0.25, 0.3) is 0 Å². The molecule has 2 aromatic heterocycles. The predicted octanol–water partition coefficient (Wildman–Crippen LogP) is 4.91. The zero-order valence-electron chi connectivity index (χ0n) is 15.2. The van der Waals surface area contributed by atoms with Gasteiger partial charge in [0, 0.05) is 36.1 Å². The van der Waals surface area contributed by atoms with E-state index in [4.69, 9.17) is 9.72 Å². The third kappa shape index (κ3) is 3.44. The Bertz CT molecular complexity index is 884. The molecule has 26 heavy (non-hydrogen) atoms. The van der Waals surface area contributed by atoms with Gasteiger partial charge in [-0.25, -0.2) is 9.97 Å². The van der Waals surface area contributed by atoms with E-state index in [9.17, 15) is 0 Å². The minimum absolute atomic E-state index is 0.532. The summed E-state index contributed by atoms with van der Waals surface area (Å²) in [7, 11) is 1.71. The molecule has 0 saturated carbocycles. The van der Waals surface area contributed by atoms with E-state index in [2.05, 4.69) is 34.3 Å². The van der Waals surface area contributed by atoms with E-state index in [1.807, 2.05) is 30.5 Å². The van der Waals surface area contributed by atoms with E-state index in [1.165, 1.54) is 10.6 Å². The van der Waals surface area contributed by atoms with Crippen LogP contribution in [-0.4, -0.2) is 30.2 Å². The van der Waals surface area contributed by atoms with Crippen molar-refractivity contribution in [2.24, 2.45) is 0 Å². The van der Waals surface area contributed by atoms with E-state index in [0.717, 1.165) is 48.8 Å². The van der Waals surface area contributed by atoms with Gasteiger partial charge in [-0.3, -0.25) is 0 Å². The van der Waals surface area contributed by atoms with Crippen LogP contribution in [0.3, 0.4) is 0 Å². The second kappa shape index (κ2) is 7.46. The summed E-state index contributed by atoms with van der Waals surface area (Å²) in [5, 5.41) is 3.39. The standard InChI is InChI=1S/C21H23N3OS/c1-15-7-10-22-20(13-15)24-11-8-16(9-12-24)21-23-18(14-26-21)17-5-3-4-6-19(17)25-2/h3-7,10,13-14,16H,8-9,11-12H2,1-2H3. The minimum Gasteiger partial charge on any atom is -0.496 e. The molecule has 0 amide bonds. The van der Waals surface area contributed by atoms with Crippen LogP contribution < -0.4 is 9.64 Å². The Labute approximate surface area is 158 Å². The van der Waals surface area contributed by atoms with Crippen molar-refractivity contribution in [3.63, 3.8) is 0 Å². The molecule has 0 radical (unpaired) electrons. The third-order valence-electron chi connectivity index (χ3n) is 4.97. The summed E-state index contributed by atoms with van der Waals surface area (Å²) in [6.07, 6.45) is 4.14. The number of hydrogen-bond acceptors (Lipinski definition) is 5. The largest absolute Gasteiger partial charge is 0.496 e. The summed E-state index contributed by atoms with van der Waals surface area (Å²) < 4.78 is 5.48. The number of nitrogens with zero attached hydrogens (tertiary/aromatic N) is 3. The molecule has 1 fully saturated rings. The number of thiazole rings is 1. The number of benzene rings is 1. The lowest BCUT2D eigenvalue weighted by Crippen LogP contribution is -2.33. The maximum atomic E-state index is 5.48. The molecule has 3 heterocycles. The lowest BCUT2D eigenvalue weighted by Gasteiger charge is -2.32. The highest BCUT2D eigenvalue weighted by Gasteiger charge is 2.24. The number of methoxy groups -OCH3 is 1. The highest BCUT2D eigenvalue weighted by molar-refractivity contribution is 7.10. The number of piperidine rings is 1. The number of hydrogen-bond donors (Lipinski definition) is 0. The first-order valence-corrected chi connectivity index (χ1v) is 9.89. The van der Waals surface area contributed by atoms with Gasteiger partial charge in [0.2, 0.25) is 0 Å². The maximum Gasteiger partial charge on any atom is 0.128 e. The summed E-state index contributed by atoms with van der Waals surface area (Å²) in [5.41, 5.74) is 3.35. The fourth-order valence-electron chi connectivity index (χ4n) is 3.50. The van der Waals surface area contributed by atoms with Crippen LogP contribution in [-0.2, 0) is 0 Å². The van der Waals surface area contributed by atoms with Crippen LogP contribution in [0.5, 0.6) is 5.75 Å². The molecule has 1 aliphatic rings. The second-order valence-electron chi connectivity index (χ2n) is 6.72. The smallest absolute Gasteiger partial charge is 0.128 e. The second-order valence-corrected chi connectivity index (χ2v) is 7.61. The van der Waals surface area contributed by atoms with Gasteiger partial charge in [0.15, 0.2) is 0 Å². The topological polar surface area (TPSA) is 38.2 Å². The van der Waals surface area contributed by atoms with Crippen molar-refractivity contribution >= 4 is 17.2 Å². The van der Waals surface area contributed by atoms with E-state index in [0.29, 0.717) is 5.92 Å². The van der Waals surface area contributed by atoms with Crippen LogP contribution in [0.25, 0.3) is 11.3 Å². The zero-order chi connectivity index (χ0) is 17.9. The van der Waals surface area contributed by atoms with Crippen LogP contribution in [0.4, 0.5) is 5.82 Å². The van der Waals surface area contributed by atoms with Gasteiger partial charge in [-0.1, -0.05) is 12.1 Å². The van der Waals surface area contributed by atoms with Crippen molar-refractivity contribution in [3.05, 3.63) is 58.5 Å². The van der Waals surface area contributed by atoms with Gasteiger partial charge in [0.1, 0.15) is 11.6 Å². The average molecular weight is 366 g/mol. The van der Waals surface area contributed by atoms with Crippen LogP contribution >= 0.6 is 11.3 Å². The van der Waals surface area contributed by atoms with Gasteiger partial charge >= 0.3 is 0 Å². The highest BCUT2D eigenvalue weighted by atomic mass is 32.1. The van der Waals surface area contributed by atoms with Crippen LogP contribution in [0.2, 0.25) is 0 Å². The van der Waals surface area contributed by atoms with Crippen molar-refractivity contribution in [2.45, 2.75) is 25.7 Å². The molecule has 0 N–H and O–H groups in total. The van der Waals surface area contributed by atoms with Crippen LogP contribution in [0.15, 0.2) is 48.0 Å². The van der Waals surface area contributed by atoms with Gasteiger partial charge in [0.05, 0.1) is 17.8 Å². The first-order chi connectivity index (χ1) is 12.7. The molecule has 3 aromatic rings. The number of aryl methyl sites for hydroxylation is 1. The Morgan fingerprint density at radius 2 is 1.96 bits per heavy atom. The Kier molecular flexibility index (Phi) is 4.89. The summed E-state index contributed by atoms with van der Waals surface area (Å²) in [4.78, 5) is 11.8. The van der Waals surface area contributed by atoms with Crippen molar-refractivity contribution in [2.75, 3.05) is 25.1 Å². The van der Waals surface area contributed by atoms with E-state index >= 15 is 0 Å². The third-order valence-corrected chi connectivity index (χ3v) is 5.98. The molecule has 0 bridgehead atoms. The van der Waals surface area contributed by atoms with Crippen molar-refractivity contribution in [1.29, 1.82) is 0 Å². The molecule has 0 unspecified atom stereocenters. The molecule has 5 heteroatoms. The minimum atomic E-state index is 0.532. The lowest BCUT2D eigenvalue weighted by molar-refractivity contribution is 0.416. The van der Waals surface area contributed by atoms with Crippen molar-refractivity contribution < 1.29 is 4.74 Å². The molecule has 1 aliphatic heterocycles. The first-order valence-electron chi connectivity index (χ1n) is 9.01.